The van der Waals surface area contributed by atoms with E-state index < -0.39 is 11.6 Å². The minimum Gasteiger partial charge on any atom is -0.374 e. The van der Waals surface area contributed by atoms with Gasteiger partial charge < -0.3 is 25.6 Å². The van der Waals surface area contributed by atoms with Crippen molar-refractivity contribution in [3.8, 4) is 0 Å². The van der Waals surface area contributed by atoms with Gasteiger partial charge in [0.2, 0.25) is 11.8 Å². The Morgan fingerprint density at radius 3 is 2.16 bits per heavy atom. The van der Waals surface area contributed by atoms with Crippen molar-refractivity contribution < 1.29 is 14.3 Å². The molecule has 3 rings (SSSR count). The zero-order chi connectivity index (χ0) is 22.3. The van der Waals surface area contributed by atoms with Crippen LogP contribution in [0, 0.1) is 0 Å². The van der Waals surface area contributed by atoms with Gasteiger partial charge in [0, 0.05) is 31.9 Å². The second kappa shape index (κ2) is 10.4. The molecule has 2 amide bonds. The molecule has 1 atom stereocenters. The molecule has 0 spiro atoms. The number of hydrogen-bond acceptors (Lipinski definition) is 5. The van der Waals surface area contributed by atoms with E-state index in [4.69, 9.17) is 10.5 Å². The lowest BCUT2D eigenvalue weighted by Gasteiger charge is -2.38. The van der Waals surface area contributed by atoms with E-state index in [1.807, 2.05) is 48.5 Å². The smallest absolute Gasteiger partial charge is 0.247 e. The van der Waals surface area contributed by atoms with Crippen molar-refractivity contribution >= 4 is 17.5 Å². The van der Waals surface area contributed by atoms with Crippen LogP contribution in [0.25, 0.3) is 0 Å². The molecule has 0 saturated carbocycles. The van der Waals surface area contributed by atoms with Gasteiger partial charge in [-0.3, -0.25) is 9.59 Å². The fourth-order valence-corrected chi connectivity index (χ4v) is 3.43. The van der Waals surface area contributed by atoms with Crippen molar-refractivity contribution in [2.75, 3.05) is 37.7 Å². The van der Waals surface area contributed by atoms with Crippen LogP contribution in [-0.2, 0) is 20.9 Å². The van der Waals surface area contributed by atoms with Crippen molar-refractivity contribution in [1.29, 1.82) is 0 Å². The maximum Gasteiger partial charge on any atom is 0.247 e. The van der Waals surface area contributed by atoms with Crippen molar-refractivity contribution in [3.63, 3.8) is 0 Å². The average Bonchev–Trinajstić information content (AvgIpc) is 2.78. The quantitative estimate of drug-likeness (QED) is 0.674. The van der Waals surface area contributed by atoms with Gasteiger partial charge in [-0.2, -0.15) is 0 Å². The number of benzene rings is 2. The van der Waals surface area contributed by atoms with Gasteiger partial charge in [0.1, 0.15) is 6.04 Å². The lowest BCUT2D eigenvalue weighted by Crippen LogP contribution is -2.60. The van der Waals surface area contributed by atoms with Crippen molar-refractivity contribution in [1.82, 2.24) is 10.2 Å². The van der Waals surface area contributed by atoms with Crippen molar-refractivity contribution in [3.05, 3.63) is 66.2 Å². The molecule has 3 N–H and O–H groups in total. The lowest BCUT2D eigenvalue weighted by molar-refractivity contribution is -0.139. The Kier molecular flexibility index (Phi) is 7.65. The van der Waals surface area contributed by atoms with Crippen LogP contribution in [0.3, 0.4) is 0 Å². The van der Waals surface area contributed by atoms with Gasteiger partial charge >= 0.3 is 0 Å². The largest absolute Gasteiger partial charge is 0.374 e. The number of rotatable bonds is 8. The molecule has 166 valence electrons. The number of para-hydroxylation sites is 1. The molecule has 1 fully saturated rings. The summed E-state index contributed by atoms with van der Waals surface area (Å²) in [5, 5.41) is 2.79. The Hall–Kier alpha value is -2.90. The molecule has 1 aliphatic rings. The van der Waals surface area contributed by atoms with E-state index in [0.717, 1.165) is 24.3 Å². The van der Waals surface area contributed by atoms with Gasteiger partial charge in [0.25, 0.3) is 0 Å². The third-order valence-electron chi connectivity index (χ3n) is 5.30. The van der Waals surface area contributed by atoms with Gasteiger partial charge in [0.15, 0.2) is 0 Å². The first-order valence-electron chi connectivity index (χ1n) is 10.6. The van der Waals surface area contributed by atoms with Crippen molar-refractivity contribution in [2.45, 2.75) is 32.0 Å². The number of piperazine rings is 1. The Morgan fingerprint density at radius 1 is 1.00 bits per heavy atom. The predicted octanol–water partition coefficient (Wildman–Crippen LogP) is 1.77. The Balaban J connectivity index is 1.60. The minimum atomic E-state index is -1.08. The molecule has 0 radical (unpaired) electrons. The molecular weight excluding hydrogens is 392 g/mol. The summed E-state index contributed by atoms with van der Waals surface area (Å²) in [5.74, 6) is -0.518. The summed E-state index contributed by atoms with van der Waals surface area (Å²) in [7, 11) is 0. The average molecular weight is 425 g/mol. The molecule has 0 bridgehead atoms. The number of ether oxygens (including phenoxy) is 1. The van der Waals surface area contributed by atoms with Gasteiger partial charge in [-0.1, -0.05) is 48.5 Å². The third kappa shape index (κ3) is 6.54. The van der Waals surface area contributed by atoms with Gasteiger partial charge in [-0.05, 0) is 31.5 Å². The highest BCUT2D eigenvalue weighted by molar-refractivity contribution is 5.91. The minimum absolute atomic E-state index is 0.0917. The molecular formula is C24H32N4O3. The molecule has 1 unspecified atom stereocenters. The van der Waals surface area contributed by atoms with Gasteiger partial charge in [-0.15, -0.1) is 0 Å². The Bertz CT molecular complexity index is 844. The summed E-state index contributed by atoms with van der Waals surface area (Å²) in [6, 6.07) is 19.1. The van der Waals surface area contributed by atoms with Crippen molar-refractivity contribution in [2.24, 2.45) is 5.73 Å². The fourth-order valence-electron chi connectivity index (χ4n) is 3.43. The molecule has 7 nitrogen and oxygen atoms in total. The zero-order valence-corrected chi connectivity index (χ0v) is 18.3. The van der Waals surface area contributed by atoms with Gasteiger partial charge in [-0.25, -0.2) is 0 Å². The molecule has 2 aromatic rings. The topological polar surface area (TPSA) is 87.9 Å². The number of carbonyl (C=O) groups excluding carboxylic acids is 2. The number of carbonyl (C=O) groups is 2. The van der Waals surface area contributed by atoms with E-state index in [0.29, 0.717) is 19.7 Å². The highest BCUT2D eigenvalue weighted by atomic mass is 16.5. The molecule has 1 saturated heterocycles. The molecule has 1 heterocycles. The number of nitrogens with zero attached hydrogens (tertiary/aromatic N) is 2. The summed E-state index contributed by atoms with van der Waals surface area (Å²) < 4.78 is 5.78. The summed E-state index contributed by atoms with van der Waals surface area (Å²) in [6.45, 7) is 6.35. The van der Waals surface area contributed by atoms with E-state index in [1.165, 1.54) is 0 Å². The summed E-state index contributed by atoms with van der Waals surface area (Å²) >= 11 is 0. The van der Waals surface area contributed by atoms with E-state index >= 15 is 0 Å². The molecule has 0 aliphatic carbocycles. The van der Waals surface area contributed by atoms with E-state index in [2.05, 4.69) is 22.3 Å². The van der Waals surface area contributed by atoms with E-state index in [9.17, 15) is 9.59 Å². The second-order valence-corrected chi connectivity index (χ2v) is 8.40. The molecule has 0 aromatic heterocycles. The maximum atomic E-state index is 13.2. The van der Waals surface area contributed by atoms with E-state index in [1.54, 1.807) is 18.7 Å². The second-order valence-electron chi connectivity index (χ2n) is 8.40. The van der Waals surface area contributed by atoms with Crippen LogP contribution in [0.15, 0.2) is 60.7 Å². The Labute approximate surface area is 184 Å². The highest BCUT2D eigenvalue weighted by Gasteiger charge is 2.32. The lowest BCUT2D eigenvalue weighted by atomic mass is 10.1. The third-order valence-corrected chi connectivity index (χ3v) is 5.30. The molecule has 7 heteroatoms. The standard InChI is InChI=1S/C24H32N4O3/c1-24(2,25)23(30)26-21(18-31-17-19-9-5-3-6-10-19)22(29)28-15-13-27(14-16-28)20-11-7-4-8-12-20/h3-12,21H,13-18,25H2,1-2H3,(H,26,30). The Morgan fingerprint density at radius 2 is 1.58 bits per heavy atom. The predicted molar refractivity (Wildman–Crippen MR) is 122 cm³/mol. The number of hydrogen-bond donors (Lipinski definition) is 2. The van der Waals surface area contributed by atoms with Crippen LogP contribution >= 0.6 is 0 Å². The van der Waals surface area contributed by atoms with Crippen LogP contribution in [0.5, 0.6) is 0 Å². The number of nitrogens with one attached hydrogen (secondary N) is 1. The molecule has 31 heavy (non-hydrogen) atoms. The summed E-state index contributed by atoms with van der Waals surface area (Å²) in [4.78, 5) is 29.7. The summed E-state index contributed by atoms with van der Waals surface area (Å²) in [5.41, 5.74) is 7.00. The van der Waals surface area contributed by atoms with Crippen LogP contribution in [0.4, 0.5) is 5.69 Å². The number of anilines is 1. The van der Waals surface area contributed by atoms with Crippen LogP contribution in [0.2, 0.25) is 0 Å². The normalized spacial score (nSPS) is 15.5. The molecule has 1 aliphatic heterocycles. The number of amides is 2. The first-order valence-corrected chi connectivity index (χ1v) is 10.6. The van der Waals surface area contributed by atoms with Crippen LogP contribution in [-0.4, -0.2) is 61.1 Å². The monoisotopic (exact) mass is 424 g/mol. The highest BCUT2D eigenvalue weighted by Crippen LogP contribution is 2.16. The fraction of sp³-hybridized carbons (Fsp3) is 0.417. The first kappa shape index (κ1) is 22.8. The van der Waals surface area contributed by atoms with E-state index in [-0.39, 0.29) is 18.4 Å². The van der Waals surface area contributed by atoms with Crippen LogP contribution in [0.1, 0.15) is 19.4 Å². The van der Waals surface area contributed by atoms with Gasteiger partial charge in [0.05, 0.1) is 18.8 Å². The molecule has 2 aromatic carbocycles. The van der Waals surface area contributed by atoms with Crippen LogP contribution < -0.4 is 16.0 Å². The summed E-state index contributed by atoms with van der Waals surface area (Å²) in [6.07, 6.45) is 0. The number of nitrogens with two attached hydrogens (primary N) is 1. The zero-order valence-electron chi connectivity index (χ0n) is 18.3. The maximum absolute atomic E-state index is 13.2. The first-order chi connectivity index (χ1) is 14.8. The SMILES string of the molecule is CC(C)(N)C(=O)NC(COCc1ccccc1)C(=O)N1CCN(c2ccccc2)CC1.